The van der Waals surface area contributed by atoms with Crippen LogP contribution in [-0.2, 0) is 19.0 Å². The van der Waals surface area contributed by atoms with E-state index in [1.807, 2.05) is 0 Å². The van der Waals surface area contributed by atoms with Gasteiger partial charge in [-0.25, -0.2) is 0 Å². The summed E-state index contributed by atoms with van der Waals surface area (Å²) in [5, 5.41) is 0. The molecule has 0 fully saturated rings. The highest BCUT2D eigenvalue weighted by Crippen LogP contribution is 1.90. The second-order valence-corrected chi connectivity index (χ2v) is 2.79. The molecule has 0 saturated carbocycles. The molecule has 5 nitrogen and oxygen atoms in total. The van der Waals surface area contributed by atoms with E-state index in [2.05, 4.69) is 5.92 Å². The zero-order valence-electron chi connectivity index (χ0n) is 8.90. The standard InChI is InChI=1S/C10H17NO4/c1-3-4-9(11)10(12)15-8-7-14-6-5-13-2/h1,9H,4-8,11H2,2H3. The maximum Gasteiger partial charge on any atom is 0.323 e. The van der Waals surface area contributed by atoms with Gasteiger partial charge in [0.2, 0.25) is 0 Å². The summed E-state index contributed by atoms with van der Waals surface area (Å²) >= 11 is 0. The summed E-state index contributed by atoms with van der Waals surface area (Å²) in [7, 11) is 1.59. The SMILES string of the molecule is C#CCC(N)C(=O)OCCOCCOC. The topological polar surface area (TPSA) is 70.8 Å². The number of esters is 1. The van der Waals surface area contributed by atoms with E-state index >= 15 is 0 Å². The fourth-order valence-corrected chi connectivity index (χ4v) is 0.763. The van der Waals surface area contributed by atoms with Gasteiger partial charge in [0.05, 0.1) is 19.8 Å². The third-order valence-electron chi connectivity index (χ3n) is 1.54. The average molecular weight is 215 g/mol. The van der Waals surface area contributed by atoms with Crippen LogP contribution in [0, 0.1) is 12.3 Å². The van der Waals surface area contributed by atoms with E-state index in [1.54, 1.807) is 7.11 Å². The van der Waals surface area contributed by atoms with Gasteiger partial charge in [0.1, 0.15) is 12.6 Å². The van der Waals surface area contributed by atoms with Gasteiger partial charge < -0.3 is 19.9 Å². The average Bonchev–Trinajstić information content (AvgIpc) is 2.23. The quantitative estimate of drug-likeness (QED) is 0.337. The number of ether oxygens (including phenoxy) is 3. The van der Waals surface area contributed by atoms with Crippen LogP contribution in [0.5, 0.6) is 0 Å². The molecule has 0 heterocycles. The van der Waals surface area contributed by atoms with Crippen molar-refractivity contribution < 1.29 is 19.0 Å². The second kappa shape index (κ2) is 9.46. The van der Waals surface area contributed by atoms with Crippen LogP contribution >= 0.6 is 0 Å². The fraction of sp³-hybridized carbons (Fsp3) is 0.700. The van der Waals surface area contributed by atoms with Gasteiger partial charge in [0.15, 0.2) is 0 Å². The molecule has 0 radical (unpaired) electrons. The highest BCUT2D eigenvalue weighted by atomic mass is 16.6. The minimum absolute atomic E-state index is 0.181. The molecule has 0 bridgehead atoms. The predicted octanol–water partition coefficient (Wildman–Crippen LogP) is -0.457. The van der Waals surface area contributed by atoms with Crippen molar-refractivity contribution >= 4 is 5.97 Å². The summed E-state index contributed by atoms with van der Waals surface area (Å²) < 4.78 is 14.7. The molecule has 2 N–H and O–H groups in total. The van der Waals surface area contributed by atoms with Crippen LogP contribution in [0.15, 0.2) is 0 Å². The highest BCUT2D eigenvalue weighted by molar-refractivity contribution is 5.75. The molecule has 0 aliphatic heterocycles. The van der Waals surface area contributed by atoms with Crippen molar-refractivity contribution in [1.82, 2.24) is 0 Å². The van der Waals surface area contributed by atoms with E-state index in [4.69, 9.17) is 26.4 Å². The first-order valence-corrected chi connectivity index (χ1v) is 4.64. The van der Waals surface area contributed by atoms with Gasteiger partial charge in [-0.2, -0.15) is 0 Å². The summed E-state index contributed by atoms with van der Waals surface area (Å²) in [5.74, 6) is 1.80. The molecule has 0 rings (SSSR count). The molecule has 0 amide bonds. The van der Waals surface area contributed by atoms with E-state index in [1.165, 1.54) is 0 Å². The van der Waals surface area contributed by atoms with Crippen LogP contribution < -0.4 is 5.73 Å². The summed E-state index contributed by atoms with van der Waals surface area (Å²) in [5.41, 5.74) is 5.41. The number of hydrogen-bond acceptors (Lipinski definition) is 5. The van der Waals surface area contributed by atoms with Gasteiger partial charge in [-0.05, 0) is 0 Å². The Labute approximate surface area is 89.9 Å². The van der Waals surface area contributed by atoms with Gasteiger partial charge in [-0.1, -0.05) is 0 Å². The van der Waals surface area contributed by atoms with Crippen LogP contribution in [0.25, 0.3) is 0 Å². The number of rotatable bonds is 8. The van der Waals surface area contributed by atoms with Crippen LogP contribution in [0.3, 0.4) is 0 Å². The van der Waals surface area contributed by atoms with Gasteiger partial charge >= 0.3 is 5.97 Å². The zero-order valence-corrected chi connectivity index (χ0v) is 8.90. The minimum atomic E-state index is -0.742. The zero-order chi connectivity index (χ0) is 11.5. The number of methoxy groups -OCH3 is 1. The Hall–Kier alpha value is -1.09. The first-order chi connectivity index (χ1) is 7.22. The lowest BCUT2D eigenvalue weighted by Crippen LogP contribution is -2.32. The van der Waals surface area contributed by atoms with Gasteiger partial charge in [0.25, 0.3) is 0 Å². The van der Waals surface area contributed by atoms with Gasteiger partial charge in [-0.3, -0.25) is 4.79 Å². The second-order valence-electron chi connectivity index (χ2n) is 2.79. The van der Waals surface area contributed by atoms with Crippen LogP contribution in [0.4, 0.5) is 0 Å². The van der Waals surface area contributed by atoms with Crippen LogP contribution in [-0.4, -0.2) is 45.5 Å². The minimum Gasteiger partial charge on any atom is -0.462 e. The first-order valence-electron chi connectivity index (χ1n) is 4.64. The van der Waals surface area contributed by atoms with Crippen molar-refractivity contribution in [3.05, 3.63) is 0 Å². The maximum absolute atomic E-state index is 11.1. The molecule has 1 atom stereocenters. The monoisotopic (exact) mass is 215 g/mol. The van der Waals surface area contributed by atoms with E-state index < -0.39 is 12.0 Å². The number of carbonyl (C=O) groups excluding carboxylic acids is 1. The molecule has 0 spiro atoms. The smallest absolute Gasteiger partial charge is 0.323 e. The van der Waals surface area contributed by atoms with Crippen molar-refractivity contribution in [2.75, 3.05) is 33.5 Å². The van der Waals surface area contributed by atoms with Crippen molar-refractivity contribution in [3.63, 3.8) is 0 Å². The molecule has 0 aromatic heterocycles. The Bertz CT molecular complexity index is 212. The summed E-state index contributed by atoms with van der Waals surface area (Å²) in [6, 6.07) is -0.742. The molecule has 15 heavy (non-hydrogen) atoms. The first kappa shape index (κ1) is 13.9. The third kappa shape index (κ3) is 7.94. The molecule has 0 aromatic carbocycles. The van der Waals surface area contributed by atoms with Gasteiger partial charge in [0, 0.05) is 13.5 Å². The van der Waals surface area contributed by atoms with Crippen LogP contribution in [0.2, 0.25) is 0 Å². The molecule has 0 aliphatic carbocycles. The Morgan fingerprint density at radius 2 is 2.07 bits per heavy atom. The van der Waals surface area contributed by atoms with Crippen molar-refractivity contribution in [3.8, 4) is 12.3 Å². The summed E-state index contributed by atoms with van der Waals surface area (Å²) in [4.78, 5) is 11.1. The predicted molar refractivity (Wildman–Crippen MR) is 55.1 cm³/mol. The number of carbonyl (C=O) groups is 1. The summed E-state index contributed by atoms with van der Waals surface area (Å²) in [6.07, 6.45) is 5.18. The molecule has 1 unspecified atom stereocenters. The fourth-order valence-electron chi connectivity index (χ4n) is 0.763. The number of nitrogens with two attached hydrogens (primary N) is 1. The molecule has 0 aromatic rings. The Morgan fingerprint density at radius 3 is 2.67 bits per heavy atom. The number of hydrogen-bond donors (Lipinski definition) is 1. The molecular formula is C10H17NO4. The van der Waals surface area contributed by atoms with Crippen molar-refractivity contribution in [1.29, 1.82) is 0 Å². The largest absolute Gasteiger partial charge is 0.462 e. The Morgan fingerprint density at radius 1 is 1.40 bits per heavy atom. The van der Waals surface area contributed by atoms with Crippen LogP contribution in [0.1, 0.15) is 6.42 Å². The molecule has 0 aliphatic rings. The molecule has 0 saturated heterocycles. The van der Waals surface area contributed by atoms with E-state index in [-0.39, 0.29) is 13.0 Å². The van der Waals surface area contributed by atoms with E-state index in [0.717, 1.165) is 0 Å². The number of terminal acetylenes is 1. The normalized spacial score (nSPS) is 11.8. The molecular weight excluding hydrogens is 198 g/mol. The van der Waals surface area contributed by atoms with E-state index in [9.17, 15) is 4.79 Å². The highest BCUT2D eigenvalue weighted by Gasteiger charge is 2.12. The molecule has 5 heteroatoms. The van der Waals surface area contributed by atoms with Gasteiger partial charge in [-0.15, -0.1) is 12.3 Å². The summed E-state index contributed by atoms with van der Waals surface area (Å²) in [6.45, 7) is 1.51. The third-order valence-corrected chi connectivity index (χ3v) is 1.54. The molecule has 86 valence electrons. The Kier molecular flexibility index (Phi) is 8.78. The van der Waals surface area contributed by atoms with Crippen molar-refractivity contribution in [2.24, 2.45) is 5.73 Å². The van der Waals surface area contributed by atoms with E-state index in [0.29, 0.717) is 19.8 Å². The lowest BCUT2D eigenvalue weighted by Gasteiger charge is -2.09. The Balaban J connectivity index is 3.35. The lowest BCUT2D eigenvalue weighted by molar-refractivity contribution is -0.146. The lowest BCUT2D eigenvalue weighted by atomic mass is 10.2. The maximum atomic E-state index is 11.1. The van der Waals surface area contributed by atoms with Crippen molar-refractivity contribution in [2.45, 2.75) is 12.5 Å².